The summed E-state index contributed by atoms with van der Waals surface area (Å²) >= 11 is 0. The molecule has 0 aliphatic carbocycles. The van der Waals surface area contributed by atoms with Crippen molar-refractivity contribution in [2.24, 2.45) is 0 Å². The van der Waals surface area contributed by atoms with Crippen LogP contribution in [0.1, 0.15) is 25.0 Å². The first-order valence-corrected chi connectivity index (χ1v) is 7.77. The molecular weight excluding hydrogens is 290 g/mol. The molecule has 23 heavy (non-hydrogen) atoms. The van der Waals surface area contributed by atoms with Gasteiger partial charge in [-0.2, -0.15) is 0 Å². The fourth-order valence-corrected chi connectivity index (χ4v) is 1.93. The number of nitrogens with one attached hydrogen (secondary N) is 1. The number of benzene rings is 2. The number of hydrogen-bond acceptors (Lipinski definition) is 3. The van der Waals surface area contributed by atoms with Crippen LogP contribution in [0.4, 0.5) is 0 Å². The Bertz CT molecular complexity index is 594. The molecule has 122 valence electrons. The average molecular weight is 313 g/mol. The molecule has 0 spiro atoms. The Kier molecular flexibility index (Phi) is 6.63. The first-order chi connectivity index (χ1) is 11.1. The number of ether oxygens (including phenoxy) is 2. The maximum Gasteiger partial charge on any atom is 0.258 e. The van der Waals surface area contributed by atoms with Gasteiger partial charge in [0.15, 0.2) is 6.61 Å². The van der Waals surface area contributed by atoms with Crippen molar-refractivity contribution >= 4 is 5.91 Å². The Hall–Kier alpha value is -2.33. The Morgan fingerprint density at radius 2 is 1.65 bits per heavy atom. The molecule has 0 aliphatic heterocycles. The normalized spacial score (nSPS) is 10.6. The van der Waals surface area contributed by atoms with Gasteiger partial charge in [-0.05, 0) is 37.1 Å². The zero-order valence-corrected chi connectivity index (χ0v) is 13.6. The van der Waals surface area contributed by atoms with Gasteiger partial charge in [0.05, 0.1) is 12.7 Å². The van der Waals surface area contributed by atoms with Gasteiger partial charge in [0, 0.05) is 6.54 Å². The van der Waals surface area contributed by atoms with E-state index < -0.39 is 0 Å². The van der Waals surface area contributed by atoms with Gasteiger partial charge >= 0.3 is 0 Å². The molecule has 0 saturated carbocycles. The maximum absolute atomic E-state index is 11.8. The summed E-state index contributed by atoms with van der Waals surface area (Å²) in [6.45, 7) is 5.14. The van der Waals surface area contributed by atoms with Crippen LogP contribution in [0.25, 0.3) is 0 Å². The second-order valence-electron chi connectivity index (χ2n) is 5.55. The standard InChI is InChI=1S/C19H23NO3/c1-15(2)22-13-17-10-8-16(9-11-17)12-20-19(21)14-23-18-6-4-3-5-7-18/h3-11,15H,12-14H2,1-2H3,(H,20,21). The zero-order valence-electron chi connectivity index (χ0n) is 13.6. The lowest BCUT2D eigenvalue weighted by Gasteiger charge is -2.09. The average Bonchev–Trinajstić information content (AvgIpc) is 2.58. The minimum Gasteiger partial charge on any atom is -0.484 e. The largest absolute Gasteiger partial charge is 0.484 e. The van der Waals surface area contributed by atoms with E-state index in [2.05, 4.69) is 5.32 Å². The second kappa shape index (κ2) is 8.96. The molecule has 1 amide bonds. The molecule has 0 unspecified atom stereocenters. The minimum atomic E-state index is -0.138. The summed E-state index contributed by atoms with van der Waals surface area (Å²) in [5.41, 5.74) is 2.17. The molecule has 0 fully saturated rings. The van der Waals surface area contributed by atoms with Gasteiger partial charge in [0.2, 0.25) is 0 Å². The van der Waals surface area contributed by atoms with E-state index in [0.717, 1.165) is 11.1 Å². The SMILES string of the molecule is CC(C)OCc1ccc(CNC(=O)COc2ccccc2)cc1. The first kappa shape index (κ1) is 17.0. The van der Waals surface area contributed by atoms with E-state index in [1.807, 2.05) is 68.4 Å². The van der Waals surface area contributed by atoms with E-state index in [9.17, 15) is 4.79 Å². The van der Waals surface area contributed by atoms with E-state index in [0.29, 0.717) is 18.9 Å². The maximum atomic E-state index is 11.8. The van der Waals surface area contributed by atoms with Crippen LogP contribution < -0.4 is 10.1 Å². The number of carbonyl (C=O) groups excluding carboxylic acids is 1. The molecule has 2 rings (SSSR count). The second-order valence-corrected chi connectivity index (χ2v) is 5.55. The van der Waals surface area contributed by atoms with Gasteiger partial charge in [0.25, 0.3) is 5.91 Å². The van der Waals surface area contributed by atoms with Gasteiger partial charge in [-0.25, -0.2) is 0 Å². The molecule has 0 aromatic heterocycles. The molecule has 0 saturated heterocycles. The summed E-state index contributed by atoms with van der Waals surface area (Å²) in [7, 11) is 0. The quantitative estimate of drug-likeness (QED) is 0.813. The molecule has 0 atom stereocenters. The van der Waals surface area contributed by atoms with Crippen molar-refractivity contribution in [3.05, 3.63) is 65.7 Å². The fraction of sp³-hybridized carbons (Fsp3) is 0.316. The summed E-state index contributed by atoms with van der Waals surface area (Å²) in [5, 5.41) is 2.84. The summed E-state index contributed by atoms with van der Waals surface area (Å²) < 4.78 is 11.0. The van der Waals surface area contributed by atoms with Crippen molar-refractivity contribution in [3.8, 4) is 5.75 Å². The van der Waals surface area contributed by atoms with Crippen molar-refractivity contribution in [2.75, 3.05) is 6.61 Å². The van der Waals surface area contributed by atoms with E-state index in [-0.39, 0.29) is 18.6 Å². The highest BCUT2D eigenvalue weighted by molar-refractivity contribution is 5.77. The van der Waals surface area contributed by atoms with Crippen molar-refractivity contribution in [1.29, 1.82) is 0 Å². The van der Waals surface area contributed by atoms with Crippen molar-refractivity contribution in [3.63, 3.8) is 0 Å². The number of hydrogen-bond donors (Lipinski definition) is 1. The molecule has 0 aliphatic rings. The number of rotatable bonds is 8. The van der Waals surface area contributed by atoms with E-state index in [1.165, 1.54) is 0 Å². The predicted molar refractivity (Wildman–Crippen MR) is 90.2 cm³/mol. The van der Waals surface area contributed by atoms with Crippen LogP contribution >= 0.6 is 0 Å². The van der Waals surface area contributed by atoms with Crippen LogP contribution in [0.2, 0.25) is 0 Å². The molecule has 0 heterocycles. The Morgan fingerprint density at radius 3 is 2.30 bits per heavy atom. The van der Waals surface area contributed by atoms with Gasteiger partial charge in [-0.15, -0.1) is 0 Å². The van der Waals surface area contributed by atoms with Gasteiger partial charge < -0.3 is 14.8 Å². The summed E-state index contributed by atoms with van der Waals surface area (Å²) in [5.74, 6) is 0.554. The van der Waals surface area contributed by atoms with Crippen LogP contribution in [-0.2, 0) is 22.7 Å². The summed E-state index contributed by atoms with van der Waals surface area (Å²) in [4.78, 5) is 11.8. The highest BCUT2D eigenvalue weighted by atomic mass is 16.5. The zero-order chi connectivity index (χ0) is 16.5. The molecule has 4 heteroatoms. The van der Waals surface area contributed by atoms with Crippen molar-refractivity contribution in [1.82, 2.24) is 5.32 Å². The lowest BCUT2D eigenvalue weighted by molar-refractivity contribution is -0.123. The van der Waals surface area contributed by atoms with Gasteiger partial charge in [0.1, 0.15) is 5.75 Å². The molecule has 0 bridgehead atoms. The van der Waals surface area contributed by atoms with E-state index in [4.69, 9.17) is 9.47 Å². The van der Waals surface area contributed by atoms with Crippen LogP contribution in [0.5, 0.6) is 5.75 Å². The Labute approximate surface area is 137 Å². The van der Waals surface area contributed by atoms with Crippen LogP contribution in [0.3, 0.4) is 0 Å². The monoisotopic (exact) mass is 313 g/mol. The molecule has 2 aromatic rings. The summed E-state index contributed by atoms with van der Waals surface area (Å²) in [6, 6.07) is 17.3. The highest BCUT2D eigenvalue weighted by Crippen LogP contribution is 2.08. The van der Waals surface area contributed by atoms with E-state index >= 15 is 0 Å². The summed E-state index contributed by atoms with van der Waals surface area (Å²) in [6.07, 6.45) is 0.221. The lowest BCUT2D eigenvalue weighted by atomic mass is 10.1. The topological polar surface area (TPSA) is 47.6 Å². The molecular formula is C19H23NO3. The third-order valence-corrected chi connectivity index (χ3v) is 3.21. The van der Waals surface area contributed by atoms with Gasteiger partial charge in [-0.3, -0.25) is 4.79 Å². The van der Waals surface area contributed by atoms with Crippen molar-refractivity contribution < 1.29 is 14.3 Å². The Morgan fingerprint density at radius 1 is 1.00 bits per heavy atom. The lowest BCUT2D eigenvalue weighted by Crippen LogP contribution is -2.28. The molecule has 4 nitrogen and oxygen atoms in total. The van der Waals surface area contributed by atoms with E-state index in [1.54, 1.807) is 0 Å². The highest BCUT2D eigenvalue weighted by Gasteiger charge is 2.03. The third-order valence-electron chi connectivity index (χ3n) is 3.21. The Balaban J connectivity index is 1.71. The van der Waals surface area contributed by atoms with Crippen LogP contribution in [0, 0.1) is 0 Å². The first-order valence-electron chi connectivity index (χ1n) is 7.77. The fourth-order valence-electron chi connectivity index (χ4n) is 1.93. The van der Waals surface area contributed by atoms with Crippen LogP contribution in [0.15, 0.2) is 54.6 Å². The van der Waals surface area contributed by atoms with Gasteiger partial charge in [-0.1, -0.05) is 42.5 Å². The smallest absolute Gasteiger partial charge is 0.258 e. The number of amides is 1. The van der Waals surface area contributed by atoms with Crippen LogP contribution in [-0.4, -0.2) is 18.6 Å². The number of para-hydroxylation sites is 1. The predicted octanol–water partition coefficient (Wildman–Crippen LogP) is 3.31. The minimum absolute atomic E-state index is 0.0182. The molecule has 2 aromatic carbocycles. The van der Waals surface area contributed by atoms with Crippen molar-refractivity contribution in [2.45, 2.75) is 33.1 Å². The third kappa shape index (κ3) is 6.53. The molecule has 0 radical (unpaired) electrons. The number of carbonyl (C=O) groups is 1. The molecule has 1 N–H and O–H groups in total.